The van der Waals surface area contributed by atoms with E-state index in [-0.39, 0.29) is 10.6 Å². The average Bonchev–Trinajstić information content (AvgIpc) is 2.38. The van der Waals surface area contributed by atoms with Crippen LogP contribution in [-0.2, 0) is 10.0 Å². The summed E-state index contributed by atoms with van der Waals surface area (Å²) in [6.07, 6.45) is 1.85. The molecule has 0 aliphatic carbocycles. The maximum Gasteiger partial charge on any atom is 0.263 e. The molecule has 20 heavy (non-hydrogen) atoms. The normalized spacial score (nSPS) is 11.3. The van der Waals surface area contributed by atoms with Crippen LogP contribution >= 0.6 is 11.8 Å². The molecule has 4 nitrogen and oxygen atoms in total. The number of rotatable bonds is 4. The molecule has 0 aliphatic heterocycles. The molecule has 0 spiro atoms. The molecule has 106 valence electrons. The number of benzene rings is 2. The molecule has 2 aromatic carbocycles. The van der Waals surface area contributed by atoms with Crippen molar-refractivity contribution in [2.24, 2.45) is 0 Å². The molecule has 2 aromatic rings. The molecule has 0 aliphatic rings. The van der Waals surface area contributed by atoms with Gasteiger partial charge in [0, 0.05) is 4.90 Å². The molecule has 0 bridgehead atoms. The highest BCUT2D eigenvalue weighted by atomic mass is 32.2. The summed E-state index contributed by atoms with van der Waals surface area (Å²) in [5.41, 5.74) is 5.90. The maximum absolute atomic E-state index is 13.0. The smallest absolute Gasteiger partial charge is 0.263 e. The Morgan fingerprint density at radius 2 is 1.90 bits per heavy atom. The minimum absolute atomic E-state index is 0.126. The van der Waals surface area contributed by atoms with Gasteiger partial charge in [0.2, 0.25) is 0 Å². The van der Waals surface area contributed by atoms with Gasteiger partial charge in [-0.05, 0) is 36.6 Å². The number of thioether (sulfide) groups is 1. The van der Waals surface area contributed by atoms with Crippen LogP contribution in [0.5, 0.6) is 0 Å². The van der Waals surface area contributed by atoms with Gasteiger partial charge in [-0.1, -0.05) is 12.1 Å². The van der Waals surface area contributed by atoms with Gasteiger partial charge in [-0.3, -0.25) is 4.72 Å². The van der Waals surface area contributed by atoms with Crippen LogP contribution in [0.4, 0.5) is 15.8 Å². The number of nitrogens with two attached hydrogens (primary N) is 1. The highest BCUT2D eigenvalue weighted by molar-refractivity contribution is 7.99. The van der Waals surface area contributed by atoms with Crippen LogP contribution in [0.2, 0.25) is 0 Å². The zero-order chi connectivity index (χ0) is 14.8. The van der Waals surface area contributed by atoms with Gasteiger partial charge in [0.15, 0.2) is 0 Å². The summed E-state index contributed by atoms with van der Waals surface area (Å²) in [4.78, 5) is 0.645. The van der Waals surface area contributed by atoms with Crippen molar-refractivity contribution in [2.75, 3.05) is 16.7 Å². The van der Waals surface area contributed by atoms with E-state index >= 15 is 0 Å². The van der Waals surface area contributed by atoms with Crippen molar-refractivity contribution < 1.29 is 12.8 Å². The molecule has 0 aromatic heterocycles. The third kappa shape index (κ3) is 3.05. The number of hydrogen-bond acceptors (Lipinski definition) is 4. The van der Waals surface area contributed by atoms with Gasteiger partial charge < -0.3 is 5.73 Å². The molecule has 0 saturated carbocycles. The van der Waals surface area contributed by atoms with E-state index in [1.54, 1.807) is 18.2 Å². The highest BCUT2D eigenvalue weighted by Crippen LogP contribution is 2.28. The van der Waals surface area contributed by atoms with Crippen molar-refractivity contribution in [1.29, 1.82) is 0 Å². The number of halogens is 1. The second-order valence-electron chi connectivity index (χ2n) is 3.99. The minimum Gasteiger partial charge on any atom is -0.398 e. The molecule has 0 atom stereocenters. The lowest BCUT2D eigenvalue weighted by molar-refractivity contribution is 0.600. The Labute approximate surface area is 121 Å². The Balaban J connectivity index is 2.41. The first-order chi connectivity index (χ1) is 9.44. The summed E-state index contributed by atoms with van der Waals surface area (Å²) in [6.45, 7) is 0. The maximum atomic E-state index is 13.0. The van der Waals surface area contributed by atoms with E-state index < -0.39 is 15.8 Å². The SMILES string of the molecule is CSc1ccccc1NS(=O)(=O)c1ccc(F)cc1N. The van der Waals surface area contributed by atoms with Gasteiger partial charge in [-0.2, -0.15) is 0 Å². The fourth-order valence-electron chi connectivity index (χ4n) is 1.69. The first-order valence-electron chi connectivity index (χ1n) is 5.65. The monoisotopic (exact) mass is 312 g/mol. The predicted octanol–water partition coefficient (Wildman–Crippen LogP) is 2.93. The third-order valence-electron chi connectivity index (χ3n) is 2.61. The van der Waals surface area contributed by atoms with Crippen molar-refractivity contribution in [3.63, 3.8) is 0 Å². The van der Waals surface area contributed by atoms with Gasteiger partial charge in [0.25, 0.3) is 10.0 Å². The molecule has 0 radical (unpaired) electrons. The predicted molar refractivity (Wildman–Crippen MR) is 79.8 cm³/mol. The van der Waals surface area contributed by atoms with Crippen LogP contribution in [0.15, 0.2) is 52.3 Å². The fourth-order valence-corrected chi connectivity index (χ4v) is 3.50. The summed E-state index contributed by atoms with van der Waals surface area (Å²) in [5.74, 6) is -0.578. The zero-order valence-corrected chi connectivity index (χ0v) is 12.3. The lowest BCUT2D eigenvalue weighted by Gasteiger charge is -2.12. The first kappa shape index (κ1) is 14.7. The van der Waals surface area contributed by atoms with Crippen molar-refractivity contribution >= 4 is 33.2 Å². The van der Waals surface area contributed by atoms with Crippen LogP contribution in [-0.4, -0.2) is 14.7 Å². The molecule has 0 heterocycles. The van der Waals surface area contributed by atoms with Crippen molar-refractivity contribution in [3.05, 3.63) is 48.3 Å². The molecule has 3 N–H and O–H groups in total. The summed E-state index contributed by atoms with van der Waals surface area (Å²) < 4.78 is 40.0. The molecule has 0 fully saturated rings. The van der Waals surface area contributed by atoms with Gasteiger partial charge in [0.1, 0.15) is 10.7 Å². The second kappa shape index (κ2) is 5.72. The summed E-state index contributed by atoms with van der Waals surface area (Å²) in [6, 6.07) is 10.2. The van der Waals surface area contributed by atoms with Crippen molar-refractivity contribution in [1.82, 2.24) is 0 Å². The second-order valence-corrected chi connectivity index (χ2v) is 6.49. The highest BCUT2D eigenvalue weighted by Gasteiger charge is 2.19. The van der Waals surface area contributed by atoms with Crippen LogP contribution in [0.25, 0.3) is 0 Å². The van der Waals surface area contributed by atoms with E-state index in [2.05, 4.69) is 4.72 Å². The van der Waals surface area contributed by atoms with E-state index in [0.717, 1.165) is 23.1 Å². The zero-order valence-electron chi connectivity index (χ0n) is 10.6. The third-order valence-corrected chi connectivity index (χ3v) is 4.85. The van der Waals surface area contributed by atoms with Crippen molar-refractivity contribution in [3.8, 4) is 0 Å². The molecular weight excluding hydrogens is 299 g/mol. The van der Waals surface area contributed by atoms with Gasteiger partial charge in [-0.15, -0.1) is 11.8 Å². The number of nitrogens with one attached hydrogen (secondary N) is 1. The van der Waals surface area contributed by atoms with Crippen LogP contribution in [0.3, 0.4) is 0 Å². The van der Waals surface area contributed by atoms with Crippen molar-refractivity contribution in [2.45, 2.75) is 9.79 Å². The topological polar surface area (TPSA) is 72.2 Å². The molecule has 2 rings (SSSR count). The Morgan fingerprint density at radius 1 is 1.20 bits per heavy atom. The van der Waals surface area contributed by atoms with Crippen LogP contribution in [0, 0.1) is 5.82 Å². The summed E-state index contributed by atoms with van der Waals surface area (Å²) >= 11 is 1.42. The number of sulfonamides is 1. The number of para-hydroxylation sites is 1. The Bertz CT molecular complexity index is 733. The fraction of sp³-hybridized carbons (Fsp3) is 0.0769. The Morgan fingerprint density at radius 3 is 2.55 bits per heavy atom. The molecule has 0 unspecified atom stereocenters. The van der Waals surface area contributed by atoms with E-state index in [1.807, 2.05) is 12.3 Å². The summed E-state index contributed by atoms with van der Waals surface area (Å²) in [5, 5.41) is 0. The van der Waals surface area contributed by atoms with Crippen LogP contribution < -0.4 is 10.5 Å². The lowest BCUT2D eigenvalue weighted by atomic mass is 10.3. The molecule has 7 heteroatoms. The van der Waals surface area contributed by atoms with E-state index in [9.17, 15) is 12.8 Å². The van der Waals surface area contributed by atoms with Crippen LogP contribution in [0.1, 0.15) is 0 Å². The van der Waals surface area contributed by atoms with Gasteiger partial charge >= 0.3 is 0 Å². The number of hydrogen-bond donors (Lipinski definition) is 2. The van der Waals surface area contributed by atoms with Gasteiger partial charge in [0.05, 0.1) is 11.4 Å². The minimum atomic E-state index is -3.85. The molecule has 0 amide bonds. The molecule has 0 saturated heterocycles. The standard InChI is InChI=1S/C13H13FN2O2S2/c1-19-12-5-3-2-4-11(12)16-20(17,18)13-7-6-9(14)8-10(13)15/h2-8,16H,15H2,1H3. The number of nitrogen functional groups attached to an aromatic ring is 1. The lowest BCUT2D eigenvalue weighted by Crippen LogP contribution is -2.15. The summed E-state index contributed by atoms with van der Waals surface area (Å²) in [7, 11) is -3.85. The molecular formula is C13H13FN2O2S2. The first-order valence-corrected chi connectivity index (χ1v) is 8.35. The Kier molecular flexibility index (Phi) is 4.20. The van der Waals surface area contributed by atoms with Gasteiger partial charge in [-0.25, -0.2) is 12.8 Å². The van der Waals surface area contributed by atoms with E-state index in [4.69, 9.17) is 5.73 Å². The average molecular weight is 312 g/mol. The number of anilines is 2. The largest absolute Gasteiger partial charge is 0.398 e. The van der Waals surface area contributed by atoms with E-state index in [0.29, 0.717) is 5.69 Å². The Hall–Kier alpha value is -1.73. The quantitative estimate of drug-likeness (QED) is 0.672. The van der Waals surface area contributed by atoms with E-state index in [1.165, 1.54) is 11.8 Å².